The number of para-hydroxylation sites is 1. The number of thioether (sulfide) groups is 1. The average molecular weight is 389 g/mol. The van der Waals surface area contributed by atoms with Gasteiger partial charge in [0, 0.05) is 23.1 Å². The summed E-state index contributed by atoms with van der Waals surface area (Å²) in [5.41, 5.74) is 9.07. The van der Waals surface area contributed by atoms with Crippen LogP contribution in [0.2, 0.25) is 0 Å². The molecule has 28 heavy (non-hydrogen) atoms. The second kappa shape index (κ2) is 7.82. The Balaban J connectivity index is 1.90. The molecule has 2 aromatic heterocycles. The average Bonchev–Trinajstić information content (AvgIpc) is 3.14. The van der Waals surface area contributed by atoms with Gasteiger partial charge in [-0.3, -0.25) is 4.79 Å². The van der Waals surface area contributed by atoms with Crippen molar-refractivity contribution in [3.8, 4) is 22.6 Å². The van der Waals surface area contributed by atoms with Crippen LogP contribution in [0.25, 0.3) is 33.5 Å². The smallest absolute Gasteiger partial charge is 0.227 e. The van der Waals surface area contributed by atoms with Gasteiger partial charge in [-0.05, 0) is 19.1 Å². The Bertz CT molecular complexity index is 1140. The fourth-order valence-corrected chi connectivity index (χ4v) is 3.87. The molecule has 0 bridgehead atoms. The van der Waals surface area contributed by atoms with Crippen molar-refractivity contribution in [3.05, 3.63) is 60.7 Å². The highest BCUT2D eigenvalue weighted by molar-refractivity contribution is 7.99. The van der Waals surface area contributed by atoms with E-state index >= 15 is 0 Å². The van der Waals surface area contributed by atoms with Crippen molar-refractivity contribution in [2.45, 2.75) is 18.6 Å². The number of rotatable bonds is 6. The molecular formula is C21H19N5OS. The first-order valence-corrected chi connectivity index (χ1v) is 9.96. The molecule has 0 aliphatic carbocycles. The lowest BCUT2D eigenvalue weighted by atomic mass is 10.0. The number of pyridine rings is 1. The Hall–Kier alpha value is -3.19. The Morgan fingerprint density at radius 2 is 1.82 bits per heavy atom. The standard InChI is InChI=1S/C21H19N5OS/c1-2-26-20(24-25-21(26)28-13-19(22)27)16-12-18(14-8-4-3-5-9-14)23-17-11-7-6-10-15(16)17/h3-12H,2,13H2,1H3,(H2,22,27). The first-order chi connectivity index (χ1) is 13.7. The Labute approximate surface area is 166 Å². The number of carbonyl (C=O) groups is 1. The summed E-state index contributed by atoms with van der Waals surface area (Å²) < 4.78 is 2.00. The van der Waals surface area contributed by atoms with E-state index in [0.717, 1.165) is 33.5 Å². The van der Waals surface area contributed by atoms with Crippen LogP contribution in [0.4, 0.5) is 0 Å². The van der Waals surface area contributed by atoms with E-state index in [-0.39, 0.29) is 11.7 Å². The molecule has 140 valence electrons. The van der Waals surface area contributed by atoms with Crippen LogP contribution >= 0.6 is 11.8 Å². The minimum Gasteiger partial charge on any atom is -0.369 e. The molecule has 2 aromatic carbocycles. The Morgan fingerprint density at radius 3 is 2.57 bits per heavy atom. The zero-order valence-corrected chi connectivity index (χ0v) is 16.2. The predicted molar refractivity (Wildman–Crippen MR) is 112 cm³/mol. The van der Waals surface area contributed by atoms with Crippen LogP contribution in [0.3, 0.4) is 0 Å². The molecule has 0 saturated carbocycles. The van der Waals surface area contributed by atoms with Gasteiger partial charge in [0.05, 0.1) is 17.0 Å². The van der Waals surface area contributed by atoms with Gasteiger partial charge in [0.2, 0.25) is 5.91 Å². The Morgan fingerprint density at radius 1 is 1.07 bits per heavy atom. The van der Waals surface area contributed by atoms with E-state index in [4.69, 9.17) is 10.7 Å². The molecule has 0 aliphatic rings. The summed E-state index contributed by atoms with van der Waals surface area (Å²) in [7, 11) is 0. The lowest BCUT2D eigenvalue weighted by molar-refractivity contribution is -0.115. The fourth-order valence-electron chi connectivity index (χ4n) is 3.13. The molecule has 2 heterocycles. The van der Waals surface area contributed by atoms with Gasteiger partial charge in [-0.2, -0.15) is 0 Å². The first kappa shape index (κ1) is 18.2. The van der Waals surface area contributed by atoms with E-state index in [1.807, 2.05) is 66.1 Å². The number of hydrogen-bond donors (Lipinski definition) is 1. The van der Waals surface area contributed by atoms with Crippen molar-refractivity contribution >= 4 is 28.6 Å². The Kier molecular flexibility index (Phi) is 5.08. The molecule has 0 radical (unpaired) electrons. The predicted octanol–water partition coefficient (Wildman–Crippen LogP) is 3.76. The van der Waals surface area contributed by atoms with Crippen molar-refractivity contribution < 1.29 is 4.79 Å². The maximum Gasteiger partial charge on any atom is 0.227 e. The van der Waals surface area contributed by atoms with Gasteiger partial charge >= 0.3 is 0 Å². The summed E-state index contributed by atoms with van der Waals surface area (Å²) in [5.74, 6) is 0.549. The quantitative estimate of drug-likeness (QED) is 0.508. The van der Waals surface area contributed by atoms with E-state index in [0.29, 0.717) is 11.7 Å². The third-order valence-electron chi connectivity index (χ3n) is 4.40. The van der Waals surface area contributed by atoms with E-state index in [1.165, 1.54) is 11.8 Å². The SMILES string of the molecule is CCn1c(SCC(N)=O)nnc1-c1cc(-c2ccccc2)nc2ccccc12. The third-order valence-corrected chi connectivity index (χ3v) is 5.39. The normalized spacial score (nSPS) is 11.0. The number of benzene rings is 2. The molecule has 2 N–H and O–H groups in total. The molecule has 4 rings (SSSR count). The molecule has 0 unspecified atom stereocenters. The number of primary amides is 1. The molecule has 7 heteroatoms. The summed E-state index contributed by atoms with van der Waals surface area (Å²) in [6.45, 7) is 2.71. The minimum absolute atomic E-state index is 0.171. The van der Waals surface area contributed by atoms with Gasteiger partial charge in [0.25, 0.3) is 0 Å². The van der Waals surface area contributed by atoms with Crippen molar-refractivity contribution in [2.24, 2.45) is 5.73 Å². The van der Waals surface area contributed by atoms with Crippen molar-refractivity contribution in [2.75, 3.05) is 5.75 Å². The second-order valence-electron chi connectivity index (χ2n) is 6.24. The lowest BCUT2D eigenvalue weighted by Crippen LogP contribution is -2.13. The second-order valence-corrected chi connectivity index (χ2v) is 7.19. The largest absolute Gasteiger partial charge is 0.369 e. The monoisotopic (exact) mass is 389 g/mol. The summed E-state index contributed by atoms with van der Waals surface area (Å²) >= 11 is 1.30. The summed E-state index contributed by atoms with van der Waals surface area (Å²) in [6, 6.07) is 20.1. The lowest BCUT2D eigenvalue weighted by Gasteiger charge is -2.11. The van der Waals surface area contributed by atoms with Gasteiger partial charge in [-0.1, -0.05) is 60.3 Å². The van der Waals surface area contributed by atoms with E-state index in [9.17, 15) is 4.79 Å². The van der Waals surface area contributed by atoms with Crippen LogP contribution in [0.1, 0.15) is 6.92 Å². The van der Waals surface area contributed by atoms with Crippen molar-refractivity contribution in [3.63, 3.8) is 0 Å². The number of amides is 1. The number of nitrogens with two attached hydrogens (primary N) is 1. The molecule has 6 nitrogen and oxygen atoms in total. The first-order valence-electron chi connectivity index (χ1n) is 8.97. The van der Waals surface area contributed by atoms with Crippen LogP contribution in [0.15, 0.2) is 65.8 Å². The summed E-state index contributed by atoms with van der Waals surface area (Å²) in [4.78, 5) is 16.0. The number of nitrogens with zero attached hydrogens (tertiary/aromatic N) is 4. The minimum atomic E-state index is -0.377. The number of carbonyl (C=O) groups excluding carboxylic acids is 1. The van der Waals surface area contributed by atoms with Crippen LogP contribution in [-0.4, -0.2) is 31.4 Å². The number of aromatic nitrogens is 4. The van der Waals surface area contributed by atoms with Gasteiger partial charge in [0.1, 0.15) is 0 Å². The molecule has 0 fully saturated rings. The van der Waals surface area contributed by atoms with E-state index < -0.39 is 0 Å². The maximum absolute atomic E-state index is 11.2. The fraction of sp³-hybridized carbons (Fsp3) is 0.143. The van der Waals surface area contributed by atoms with E-state index in [1.54, 1.807) is 0 Å². The highest BCUT2D eigenvalue weighted by Gasteiger charge is 2.18. The van der Waals surface area contributed by atoms with Crippen molar-refractivity contribution in [1.82, 2.24) is 19.7 Å². The zero-order chi connectivity index (χ0) is 19.5. The van der Waals surface area contributed by atoms with Crippen LogP contribution in [0.5, 0.6) is 0 Å². The summed E-state index contributed by atoms with van der Waals surface area (Å²) in [6.07, 6.45) is 0. The zero-order valence-electron chi connectivity index (χ0n) is 15.4. The maximum atomic E-state index is 11.2. The molecular weight excluding hydrogens is 370 g/mol. The van der Waals surface area contributed by atoms with Gasteiger partial charge < -0.3 is 10.3 Å². The van der Waals surface area contributed by atoms with Crippen molar-refractivity contribution in [1.29, 1.82) is 0 Å². The van der Waals surface area contributed by atoms with Crippen LogP contribution < -0.4 is 5.73 Å². The third kappa shape index (κ3) is 3.48. The highest BCUT2D eigenvalue weighted by atomic mass is 32.2. The van der Waals surface area contributed by atoms with Crippen LogP contribution in [0, 0.1) is 0 Å². The molecule has 4 aromatic rings. The van der Waals surface area contributed by atoms with Gasteiger partial charge in [0.15, 0.2) is 11.0 Å². The van der Waals surface area contributed by atoms with Gasteiger partial charge in [-0.15, -0.1) is 10.2 Å². The number of hydrogen-bond acceptors (Lipinski definition) is 5. The van der Waals surface area contributed by atoms with Crippen LogP contribution in [-0.2, 0) is 11.3 Å². The highest BCUT2D eigenvalue weighted by Crippen LogP contribution is 2.32. The molecule has 0 aliphatic heterocycles. The molecule has 0 atom stereocenters. The van der Waals surface area contributed by atoms with Gasteiger partial charge in [-0.25, -0.2) is 4.98 Å². The van der Waals surface area contributed by atoms with E-state index in [2.05, 4.69) is 16.3 Å². The summed E-state index contributed by atoms with van der Waals surface area (Å²) in [5, 5.41) is 10.4. The molecule has 1 amide bonds. The molecule has 0 saturated heterocycles. The topological polar surface area (TPSA) is 86.7 Å². The number of fused-ring (bicyclic) bond motifs is 1. The molecule has 0 spiro atoms.